The number of aromatic nitrogens is 2. The molecule has 2 aliphatic heterocycles. The van der Waals surface area contributed by atoms with Crippen LogP contribution in [0.4, 0.5) is 14.5 Å². The summed E-state index contributed by atoms with van der Waals surface area (Å²) in [7, 11) is -3.13. The highest BCUT2D eigenvalue weighted by Crippen LogP contribution is 2.28. The second kappa shape index (κ2) is 6.91. The molecule has 2 aromatic rings. The normalized spacial score (nSPS) is 21.8. The molecule has 1 aromatic carbocycles. The standard InChI is InChI=1S/C17H18F2N4O3S/c18-14-8-12(16-10-13(26-21-16)11-23-3-1-2-20-23)9-15(19)17(14)22-4-6-27(24,25)7-5-22/h1-3,8-9,13H,4-7,10-11H2/t13-/m1/s1. The molecule has 1 aromatic heterocycles. The molecule has 27 heavy (non-hydrogen) atoms. The molecule has 0 aliphatic carbocycles. The lowest BCUT2D eigenvalue weighted by atomic mass is 10.0. The Morgan fingerprint density at radius 1 is 1.19 bits per heavy atom. The second-order valence-corrected chi connectivity index (χ2v) is 8.93. The predicted octanol–water partition coefficient (Wildman–Crippen LogP) is 1.59. The van der Waals surface area contributed by atoms with Crippen LogP contribution < -0.4 is 4.90 Å². The maximum Gasteiger partial charge on any atom is 0.153 e. The van der Waals surface area contributed by atoms with E-state index in [1.165, 1.54) is 17.0 Å². The fourth-order valence-electron chi connectivity index (χ4n) is 3.28. The Morgan fingerprint density at radius 3 is 2.52 bits per heavy atom. The van der Waals surface area contributed by atoms with E-state index in [1.54, 1.807) is 23.1 Å². The van der Waals surface area contributed by atoms with Gasteiger partial charge in [-0.05, 0) is 18.2 Å². The molecule has 1 atom stereocenters. The fourth-order valence-corrected chi connectivity index (χ4v) is 4.49. The predicted molar refractivity (Wildman–Crippen MR) is 95.5 cm³/mol. The van der Waals surface area contributed by atoms with Gasteiger partial charge in [-0.2, -0.15) is 5.10 Å². The summed E-state index contributed by atoms with van der Waals surface area (Å²) in [5.41, 5.74) is 0.598. The van der Waals surface area contributed by atoms with Gasteiger partial charge in [0.2, 0.25) is 0 Å². The summed E-state index contributed by atoms with van der Waals surface area (Å²) in [6.07, 6.45) is 3.62. The van der Waals surface area contributed by atoms with Crippen LogP contribution in [-0.4, -0.2) is 54.6 Å². The lowest BCUT2D eigenvalue weighted by Gasteiger charge is -2.29. The van der Waals surface area contributed by atoms with Gasteiger partial charge in [-0.15, -0.1) is 0 Å². The van der Waals surface area contributed by atoms with Gasteiger partial charge in [0, 0.05) is 37.5 Å². The summed E-state index contributed by atoms with van der Waals surface area (Å²) < 4.78 is 54.0. The monoisotopic (exact) mass is 396 g/mol. The first-order chi connectivity index (χ1) is 12.9. The minimum Gasteiger partial charge on any atom is -0.390 e. The van der Waals surface area contributed by atoms with Gasteiger partial charge >= 0.3 is 0 Å². The first-order valence-electron chi connectivity index (χ1n) is 8.56. The highest BCUT2D eigenvalue weighted by atomic mass is 32.2. The molecule has 0 N–H and O–H groups in total. The van der Waals surface area contributed by atoms with Crippen LogP contribution in [0.5, 0.6) is 0 Å². The maximum atomic E-state index is 14.6. The van der Waals surface area contributed by atoms with E-state index < -0.39 is 21.5 Å². The van der Waals surface area contributed by atoms with Crippen LogP contribution in [0, 0.1) is 11.6 Å². The van der Waals surface area contributed by atoms with Crippen molar-refractivity contribution in [3.63, 3.8) is 0 Å². The average Bonchev–Trinajstić information content (AvgIpc) is 3.28. The van der Waals surface area contributed by atoms with E-state index in [9.17, 15) is 17.2 Å². The number of hydrogen-bond acceptors (Lipinski definition) is 6. The van der Waals surface area contributed by atoms with Crippen molar-refractivity contribution in [2.75, 3.05) is 29.5 Å². The van der Waals surface area contributed by atoms with E-state index in [-0.39, 0.29) is 36.4 Å². The first-order valence-corrected chi connectivity index (χ1v) is 10.4. The Bertz CT molecular complexity index is 939. The third-order valence-electron chi connectivity index (χ3n) is 4.69. The van der Waals surface area contributed by atoms with Crippen molar-refractivity contribution in [2.24, 2.45) is 5.16 Å². The Kier molecular flexibility index (Phi) is 4.58. The van der Waals surface area contributed by atoms with Gasteiger partial charge in [-0.25, -0.2) is 17.2 Å². The molecule has 0 saturated carbocycles. The summed E-state index contributed by atoms with van der Waals surface area (Å²) in [5.74, 6) is -1.68. The molecule has 0 amide bonds. The van der Waals surface area contributed by atoms with Gasteiger partial charge < -0.3 is 9.74 Å². The number of oxime groups is 1. The number of hydrogen-bond donors (Lipinski definition) is 0. The fraction of sp³-hybridized carbons (Fsp3) is 0.412. The van der Waals surface area contributed by atoms with Crippen molar-refractivity contribution >= 4 is 21.2 Å². The van der Waals surface area contributed by atoms with Crippen molar-refractivity contribution < 1.29 is 22.0 Å². The molecule has 2 aliphatic rings. The summed E-state index contributed by atoms with van der Waals surface area (Å²) in [6.45, 7) is 0.641. The van der Waals surface area contributed by atoms with Gasteiger partial charge in [0.1, 0.15) is 17.3 Å². The van der Waals surface area contributed by atoms with Crippen LogP contribution in [0.1, 0.15) is 12.0 Å². The molecule has 0 unspecified atom stereocenters. The third-order valence-corrected chi connectivity index (χ3v) is 6.30. The number of halogens is 2. The summed E-state index contributed by atoms with van der Waals surface area (Å²) >= 11 is 0. The highest BCUT2D eigenvalue weighted by Gasteiger charge is 2.28. The number of benzene rings is 1. The summed E-state index contributed by atoms with van der Waals surface area (Å²) in [4.78, 5) is 6.78. The van der Waals surface area contributed by atoms with Gasteiger partial charge in [-0.1, -0.05) is 5.16 Å². The number of rotatable bonds is 4. The zero-order valence-electron chi connectivity index (χ0n) is 14.4. The van der Waals surface area contributed by atoms with Crippen molar-refractivity contribution in [2.45, 2.75) is 19.1 Å². The number of sulfone groups is 1. The summed E-state index contributed by atoms with van der Waals surface area (Å²) in [6, 6.07) is 4.24. The number of anilines is 1. The first kappa shape index (κ1) is 17.9. The molecule has 0 radical (unpaired) electrons. The topological polar surface area (TPSA) is 76.8 Å². The molecule has 0 bridgehead atoms. The van der Waals surface area contributed by atoms with Crippen molar-refractivity contribution in [3.8, 4) is 0 Å². The van der Waals surface area contributed by atoms with E-state index in [4.69, 9.17) is 4.84 Å². The second-order valence-electron chi connectivity index (χ2n) is 6.62. The van der Waals surface area contributed by atoms with E-state index in [1.807, 2.05) is 0 Å². The largest absolute Gasteiger partial charge is 0.390 e. The molecule has 3 heterocycles. The van der Waals surface area contributed by atoms with Gasteiger partial charge in [0.25, 0.3) is 0 Å². The number of nitrogens with zero attached hydrogens (tertiary/aromatic N) is 4. The SMILES string of the molecule is O=S1(=O)CCN(c2c(F)cc(C3=NO[C@@H](Cn4cccn4)C3)cc2F)CC1. The van der Waals surface area contributed by atoms with Crippen molar-refractivity contribution in [1.82, 2.24) is 9.78 Å². The summed E-state index contributed by atoms with van der Waals surface area (Å²) in [5, 5.41) is 8.06. The molecule has 1 saturated heterocycles. The average molecular weight is 396 g/mol. The maximum absolute atomic E-state index is 14.6. The van der Waals surface area contributed by atoms with E-state index in [0.717, 1.165) is 0 Å². The Morgan fingerprint density at radius 2 is 1.89 bits per heavy atom. The van der Waals surface area contributed by atoms with Crippen molar-refractivity contribution in [1.29, 1.82) is 0 Å². The zero-order chi connectivity index (χ0) is 19.0. The molecule has 4 rings (SSSR count). The molecule has 7 nitrogen and oxygen atoms in total. The van der Waals surface area contributed by atoms with Gasteiger partial charge in [-0.3, -0.25) is 4.68 Å². The van der Waals surface area contributed by atoms with Crippen LogP contribution in [0.3, 0.4) is 0 Å². The zero-order valence-corrected chi connectivity index (χ0v) is 15.2. The lowest BCUT2D eigenvalue weighted by molar-refractivity contribution is 0.0698. The van der Waals surface area contributed by atoms with E-state index >= 15 is 0 Å². The van der Waals surface area contributed by atoms with Gasteiger partial charge in [0.15, 0.2) is 15.9 Å². The van der Waals surface area contributed by atoms with E-state index in [2.05, 4.69) is 10.3 Å². The molecular formula is C17H18F2N4O3S. The van der Waals surface area contributed by atoms with Crippen LogP contribution in [0.15, 0.2) is 35.7 Å². The van der Waals surface area contributed by atoms with Crippen LogP contribution in [0.25, 0.3) is 0 Å². The lowest BCUT2D eigenvalue weighted by Crippen LogP contribution is -2.41. The van der Waals surface area contributed by atoms with Crippen LogP contribution >= 0.6 is 0 Å². The van der Waals surface area contributed by atoms with Crippen molar-refractivity contribution in [3.05, 3.63) is 47.8 Å². The molecule has 10 heteroatoms. The highest BCUT2D eigenvalue weighted by molar-refractivity contribution is 7.91. The Labute approximate surface area is 155 Å². The molecular weight excluding hydrogens is 378 g/mol. The minimum absolute atomic E-state index is 0.0749. The minimum atomic E-state index is -3.13. The van der Waals surface area contributed by atoms with Gasteiger partial charge in [0.05, 0.1) is 23.8 Å². The Hall–Kier alpha value is -2.49. The van der Waals surface area contributed by atoms with Crippen LogP contribution in [-0.2, 0) is 21.2 Å². The quantitative estimate of drug-likeness (QED) is 0.785. The third kappa shape index (κ3) is 3.80. The Balaban J connectivity index is 1.49. The molecule has 0 spiro atoms. The molecule has 1 fully saturated rings. The van der Waals surface area contributed by atoms with E-state index in [0.29, 0.717) is 24.2 Å². The smallest absolute Gasteiger partial charge is 0.153 e. The van der Waals surface area contributed by atoms with Crippen LogP contribution in [0.2, 0.25) is 0 Å². The molecule has 144 valence electrons.